The van der Waals surface area contributed by atoms with E-state index < -0.39 is 24.1 Å². The van der Waals surface area contributed by atoms with Gasteiger partial charge in [-0.2, -0.15) is 0 Å². The molecule has 2 rings (SSSR count). The van der Waals surface area contributed by atoms with Crippen LogP contribution in [0.25, 0.3) is 0 Å². The fraction of sp³-hybridized carbons (Fsp3) is 0.353. The van der Waals surface area contributed by atoms with E-state index in [4.69, 9.17) is 9.47 Å². The maximum atomic E-state index is 12.4. The molecule has 1 aromatic rings. The van der Waals surface area contributed by atoms with E-state index in [-0.39, 0.29) is 6.61 Å². The molecule has 7 heteroatoms. The third-order valence-corrected chi connectivity index (χ3v) is 3.66. The van der Waals surface area contributed by atoms with Gasteiger partial charge in [0.1, 0.15) is 12.6 Å². The van der Waals surface area contributed by atoms with Crippen LogP contribution in [0.2, 0.25) is 0 Å². The fourth-order valence-electron chi connectivity index (χ4n) is 2.46. The lowest BCUT2D eigenvalue weighted by molar-refractivity contribution is -0.145. The van der Waals surface area contributed by atoms with Gasteiger partial charge in [-0.25, -0.2) is 14.4 Å². The summed E-state index contributed by atoms with van der Waals surface area (Å²) in [6, 6.07) is 8.35. The summed E-state index contributed by atoms with van der Waals surface area (Å²) in [4.78, 5) is 36.9. The Bertz CT molecular complexity index is 640. The lowest BCUT2D eigenvalue weighted by atomic mass is 10.2. The molecular weight excluding hydrogens is 314 g/mol. The second-order valence-corrected chi connectivity index (χ2v) is 5.15. The third-order valence-electron chi connectivity index (χ3n) is 3.66. The van der Waals surface area contributed by atoms with Gasteiger partial charge in [0.25, 0.3) is 0 Å². The highest BCUT2D eigenvalue weighted by atomic mass is 16.6. The molecule has 0 aromatic heterocycles. The summed E-state index contributed by atoms with van der Waals surface area (Å²) in [5.41, 5.74) is 1.19. The fourth-order valence-corrected chi connectivity index (χ4v) is 2.46. The Morgan fingerprint density at radius 1 is 1.17 bits per heavy atom. The number of hydrogen-bond acceptors (Lipinski definition) is 6. The smallest absolute Gasteiger partial charge is 0.415 e. The highest BCUT2D eigenvalue weighted by Gasteiger charge is 2.39. The van der Waals surface area contributed by atoms with Gasteiger partial charge < -0.3 is 14.2 Å². The Kier molecular flexibility index (Phi) is 5.95. The van der Waals surface area contributed by atoms with Crippen LogP contribution in [-0.4, -0.2) is 43.2 Å². The van der Waals surface area contributed by atoms with E-state index in [1.807, 2.05) is 30.3 Å². The zero-order valence-electron chi connectivity index (χ0n) is 13.6. The van der Waals surface area contributed by atoms with Crippen LogP contribution in [0.4, 0.5) is 4.79 Å². The van der Waals surface area contributed by atoms with E-state index in [1.165, 1.54) is 20.3 Å². The van der Waals surface area contributed by atoms with Crippen molar-refractivity contribution in [2.24, 2.45) is 0 Å². The predicted molar refractivity (Wildman–Crippen MR) is 83.6 cm³/mol. The van der Waals surface area contributed by atoms with Crippen LogP contribution in [0.1, 0.15) is 18.4 Å². The minimum atomic E-state index is -0.811. The summed E-state index contributed by atoms with van der Waals surface area (Å²) >= 11 is 0. The van der Waals surface area contributed by atoms with Gasteiger partial charge in [0.15, 0.2) is 0 Å². The van der Waals surface area contributed by atoms with Crippen molar-refractivity contribution < 1.29 is 28.6 Å². The molecule has 7 nitrogen and oxygen atoms in total. The van der Waals surface area contributed by atoms with Crippen LogP contribution in [-0.2, 0) is 30.4 Å². The first-order valence-corrected chi connectivity index (χ1v) is 7.43. The first-order chi connectivity index (χ1) is 11.6. The molecule has 0 N–H and O–H groups in total. The molecule has 1 fully saturated rings. The molecule has 1 heterocycles. The monoisotopic (exact) mass is 333 g/mol. The van der Waals surface area contributed by atoms with Gasteiger partial charge in [-0.1, -0.05) is 30.3 Å². The van der Waals surface area contributed by atoms with Crippen LogP contribution in [0.3, 0.4) is 0 Å². The van der Waals surface area contributed by atoms with Crippen molar-refractivity contribution in [3.8, 4) is 0 Å². The number of carbonyl (C=O) groups excluding carboxylic acids is 3. The van der Waals surface area contributed by atoms with Crippen LogP contribution in [0.15, 0.2) is 42.1 Å². The molecule has 0 saturated carbocycles. The Labute approximate surface area is 139 Å². The van der Waals surface area contributed by atoms with E-state index in [1.54, 1.807) is 0 Å². The highest BCUT2D eigenvalue weighted by molar-refractivity contribution is 5.87. The summed E-state index contributed by atoms with van der Waals surface area (Å²) < 4.78 is 14.6. The average molecular weight is 333 g/mol. The number of carbonyl (C=O) groups is 3. The molecule has 0 radical (unpaired) electrons. The van der Waals surface area contributed by atoms with Crippen molar-refractivity contribution in [1.29, 1.82) is 0 Å². The molecule has 1 aromatic carbocycles. The third kappa shape index (κ3) is 4.13. The summed E-state index contributed by atoms with van der Waals surface area (Å²) in [6.45, 7) is 0.0650. The number of hydrogen-bond donors (Lipinski definition) is 0. The minimum Gasteiger partial charge on any atom is -0.467 e. The van der Waals surface area contributed by atoms with E-state index in [0.717, 1.165) is 10.5 Å². The SMILES string of the molecule is COC(=O)C=C1CC[C@@H](C(=O)OC)N1C(=O)OCc1ccccc1. The van der Waals surface area contributed by atoms with Crippen LogP contribution < -0.4 is 0 Å². The normalized spacial score (nSPS) is 18.3. The molecule has 128 valence electrons. The van der Waals surface area contributed by atoms with Crippen molar-refractivity contribution in [3.05, 3.63) is 47.7 Å². The molecule has 1 amide bonds. The lowest BCUT2D eigenvalue weighted by Crippen LogP contribution is -2.40. The molecule has 0 unspecified atom stereocenters. The Balaban J connectivity index is 2.15. The number of likely N-dealkylation sites (tertiary alicyclic amines) is 1. The molecule has 0 aliphatic carbocycles. The first-order valence-electron chi connectivity index (χ1n) is 7.43. The number of nitrogens with zero attached hydrogens (tertiary/aromatic N) is 1. The molecule has 0 bridgehead atoms. The van der Waals surface area contributed by atoms with Crippen LogP contribution in [0.5, 0.6) is 0 Å². The predicted octanol–water partition coefficient (Wildman–Crippen LogP) is 2.02. The van der Waals surface area contributed by atoms with Crippen molar-refractivity contribution in [2.75, 3.05) is 14.2 Å². The van der Waals surface area contributed by atoms with E-state index in [9.17, 15) is 14.4 Å². The number of methoxy groups -OCH3 is 2. The molecule has 1 atom stereocenters. The molecule has 0 spiro atoms. The number of esters is 2. The van der Waals surface area contributed by atoms with Crippen LogP contribution >= 0.6 is 0 Å². The molecule has 1 saturated heterocycles. The lowest BCUT2D eigenvalue weighted by Gasteiger charge is -2.23. The largest absolute Gasteiger partial charge is 0.467 e. The van der Waals surface area contributed by atoms with E-state index in [2.05, 4.69) is 4.74 Å². The minimum absolute atomic E-state index is 0.0650. The molecule has 1 aliphatic rings. The Morgan fingerprint density at radius 3 is 2.50 bits per heavy atom. The molecular formula is C17H19NO6. The van der Waals surface area contributed by atoms with Gasteiger partial charge in [0.2, 0.25) is 0 Å². The highest BCUT2D eigenvalue weighted by Crippen LogP contribution is 2.29. The van der Waals surface area contributed by atoms with Crippen molar-refractivity contribution in [1.82, 2.24) is 4.90 Å². The summed E-state index contributed by atoms with van der Waals surface area (Å²) in [7, 11) is 2.49. The zero-order valence-corrected chi connectivity index (χ0v) is 13.6. The van der Waals surface area contributed by atoms with Gasteiger partial charge >= 0.3 is 18.0 Å². The second kappa shape index (κ2) is 8.14. The standard InChI is InChI=1S/C17H19NO6/c1-22-15(19)10-13-8-9-14(16(20)23-2)18(13)17(21)24-11-12-6-4-3-5-7-12/h3-7,10,14H,8-9,11H2,1-2H3/t14-/m0/s1. The number of benzene rings is 1. The van der Waals surface area contributed by atoms with Gasteiger partial charge in [-0.15, -0.1) is 0 Å². The van der Waals surface area contributed by atoms with Gasteiger partial charge in [-0.05, 0) is 18.4 Å². The van der Waals surface area contributed by atoms with Crippen LogP contribution in [0, 0.1) is 0 Å². The second-order valence-electron chi connectivity index (χ2n) is 5.15. The first kappa shape index (κ1) is 17.5. The average Bonchev–Trinajstić information content (AvgIpc) is 3.03. The summed E-state index contributed by atoms with van der Waals surface area (Å²) in [6.07, 6.45) is 1.21. The summed E-state index contributed by atoms with van der Waals surface area (Å²) in [5.74, 6) is -1.16. The molecule has 1 aliphatic heterocycles. The quantitative estimate of drug-likeness (QED) is 0.476. The number of rotatable bonds is 4. The number of amides is 1. The zero-order chi connectivity index (χ0) is 17.5. The maximum absolute atomic E-state index is 12.4. The van der Waals surface area contributed by atoms with Gasteiger partial charge in [0, 0.05) is 11.8 Å². The summed E-state index contributed by atoms with van der Waals surface area (Å²) in [5, 5.41) is 0. The van der Waals surface area contributed by atoms with E-state index in [0.29, 0.717) is 18.5 Å². The van der Waals surface area contributed by atoms with Crippen molar-refractivity contribution >= 4 is 18.0 Å². The van der Waals surface area contributed by atoms with Gasteiger partial charge in [-0.3, -0.25) is 4.90 Å². The topological polar surface area (TPSA) is 82.1 Å². The van der Waals surface area contributed by atoms with Crippen molar-refractivity contribution in [3.63, 3.8) is 0 Å². The number of ether oxygens (including phenoxy) is 3. The van der Waals surface area contributed by atoms with Crippen molar-refractivity contribution in [2.45, 2.75) is 25.5 Å². The Morgan fingerprint density at radius 2 is 1.88 bits per heavy atom. The molecule has 24 heavy (non-hydrogen) atoms. The Hall–Kier alpha value is -2.83. The maximum Gasteiger partial charge on any atom is 0.415 e. The number of allylic oxidation sites excluding steroid dienone is 1. The van der Waals surface area contributed by atoms with Gasteiger partial charge in [0.05, 0.1) is 14.2 Å². The van der Waals surface area contributed by atoms with E-state index >= 15 is 0 Å².